The third-order valence-electron chi connectivity index (χ3n) is 2.47. The minimum atomic E-state index is -4.47. The van der Waals surface area contributed by atoms with Gasteiger partial charge >= 0.3 is 6.18 Å². The predicted molar refractivity (Wildman–Crippen MR) is 63.4 cm³/mol. The van der Waals surface area contributed by atoms with Crippen LogP contribution in [-0.2, 0) is 6.18 Å². The number of nitrogen functional groups attached to an aromatic ring is 1. The summed E-state index contributed by atoms with van der Waals surface area (Å²) in [7, 11) is 1.32. The molecule has 2 N–H and O–H groups in total. The summed E-state index contributed by atoms with van der Waals surface area (Å²) in [6.45, 7) is 0. The normalized spacial score (nSPS) is 11.4. The topological polar surface area (TPSA) is 61.0 Å². The molecule has 0 amide bonds. The van der Waals surface area contributed by atoms with Crippen LogP contribution in [0.3, 0.4) is 0 Å². The Kier molecular flexibility index (Phi) is 3.28. The molecule has 1 aromatic heterocycles. The maximum atomic E-state index is 12.9. The van der Waals surface area contributed by atoms with Crippen molar-refractivity contribution in [3.05, 3.63) is 36.0 Å². The minimum Gasteiger partial charge on any atom is -0.478 e. The minimum absolute atomic E-state index is 0.00511. The van der Waals surface area contributed by atoms with Crippen LogP contribution in [0, 0.1) is 0 Å². The van der Waals surface area contributed by atoms with Gasteiger partial charge in [-0.1, -0.05) is 18.2 Å². The third kappa shape index (κ3) is 2.59. The monoisotopic (exact) mass is 269 g/mol. The van der Waals surface area contributed by atoms with Crippen LogP contribution in [0.25, 0.3) is 11.3 Å². The Morgan fingerprint density at radius 1 is 1.21 bits per heavy atom. The van der Waals surface area contributed by atoms with Gasteiger partial charge in [0.1, 0.15) is 0 Å². The highest BCUT2D eigenvalue weighted by Gasteiger charge is 2.33. The molecule has 0 aliphatic rings. The first-order chi connectivity index (χ1) is 8.93. The third-order valence-corrected chi connectivity index (χ3v) is 2.47. The van der Waals surface area contributed by atoms with E-state index in [4.69, 9.17) is 10.5 Å². The molecule has 100 valence electrons. The van der Waals surface area contributed by atoms with Gasteiger partial charge in [-0.15, -0.1) is 0 Å². The molecule has 19 heavy (non-hydrogen) atoms. The summed E-state index contributed by atoms with van der Waals surface area (Å²) in [4.78, 5) is 7.70. The number of methoxy groups -OCH3 is 1. The molecule has 0 saturated carbocycles. The molecule has 0 aliphatic heterocycles. The predicted octanol–water partition coefficient (Wildman–Crippen LogP) is 2.75. The van der Waals surface area contributed by atoms with Crippen molar-refractivity contribution in [3.63, 3.8) is 0 Å². The molecular formula is C12H10F3N3O. The van der Waals surface area contributed by atoms with Gasteiger partial charge in [0.15, 0.2) is 5.82 Å². The van der Waals surface area contributed by atoms with Gasteiger partial charge in [0.05, 0.1) is 24.6 Å². The van der Waals surface area contributed by atoms with Crippen molar-refractivity contribution >= 4 is 5.82 Å². The van der Waals surface area contributed by atoms with E-state index in [2.05, 4.69) is 9.97 Å². The van der Waals surface area contributed by atoms with Crippen molar-refractivity contribution in [1.29, 1.82) is 0 Å². The zero-order chi connectivity index (χ0) is 14.0. The van der Waals surface area contributed by atoms with Crippen LogP contribution in [0.2, 0.25) is 0 Å². The van der Waals surface area contributed by atoms with Crippen LogP contribution in [-0.4, -0.2) is 17.1 Å². The van der Waals surface area contributed by atoms with E-state index in [0.29, 0.717) is 0 Å². The standard InChI is InChI=1S/C12H10F3N3O/c1-19-11-10(16)17-6-9(18-11)7-4-2-3-5-8(7)12(13,14)15/h2-6H,1H3,(H2,16,17). The van der Waals surface area contributed by atoms with E-state index < -0.39 is 11.7 Å². The van der Waals surface area contributed by atoms with Crippen molar-refractivity contribution in [2.45, 2.75) is 6.18 Å². The molecule has 0 atom stereocenters. The van der Waals surface area contributed by atoms with Crippen LogP contribution >= 0.6 is 0 Å². The van der Waals surface area contributed by atoms with E-state index in [1.165, 1.54) is 31.5 Å². The van der Waals surface area contributed by atoms with Crippen LogP contribution in [0.4, 0.5) is 19.0 Å². The molecular weight excluding hydrogens is 259 g/mol. The lowest BCUT2D eigenvalue weighted by Gasteiger charge is -2.12. The quantitative estimate of drug-likeness (QED) is 0.910. The Morgan fingerprint density at radius 2 is 1.89 bits per heavy atom. The highest BCUT2D eigenvalue weighted by Crippen LogP contribution is 2.36. The number of rotatable bonds is 2. The maximum absolute atomic E-state index is 12.9. The van der Waals surface area contributed by atoms with E-state index in [0.717, 1.165) is 6.07 Å². The highest BCUT2D eigenvalue weighted by atomic mass is 19.4. The largest absolute Gasteiger partial charge is 0.478 e. The van der Waals surface area contributed by atoms with Gasteiger partial charge < -0.3 is 10.5 Å². The van der Waals surface area contributed by atoms with Gasteiger partial charge in [0, 0.05) is 5.56 Å². The van der Waals surface area contributed by atoms with Crippen molar-refractivity contribution in [2.24, 2.45) is 0 Å². The van der Waals surface area contributed by atoms with Gasteiger partial charge in [0.25, 0.3) is 5.88 Å². The molecule has 4 nitrogen and oxygen atoms in total. The van der Waals surface area contributed by atoms with Gasteiger partial charge in [0.2, 0.25) is 0 Å². The van der Waals surface area contributed by atoms with Crippen LogP contribution < -0.4 is 10.5 Å². The Hall–Kier alpha value is -2.31. The fourth-order valence-corrected chi connectivity index (χ4v) is 1.62. The number of benzene rings is 1. The summed E-state index contributed by atoms with van der Waals surface area (Å²) in [5.74, 6) is 0.0187. The number of hydrogen-bond acceptors (Lipinski definition) is 4. The second-order valence-corrected chi connectivity index (χ2v) is 3.69. The van der Waals surface area contributed by atoms with E-state index in [1.807, 2.05) is 0 Å². The smallest absolute Gasteiger partial charge is 0.417 e. The number of hydrogen-bond donors (Lipinski definition) is 1. The zero-order valence-electron chi connectivity index (χ0n) is 9.90. The van der Waals surface area contributed by atoms with Crippen molar-refractivity contribution in [1.82, 2.24) is 9.97 Å². The average molecular weight is 269 g/mol. The number of aromatic nitrogens is 2. The average Bonchev–Trinajstić information content (AvgIpc) is 2.38. The summed E-state index contributed by atoms with van der Waals surface area (Å²) in [6.07, 6.45) is -3.28. The lowest BCUT2D eigenvalue weighted by molar-refractivity contribution is -0.137. The van der Waals surface area contributed by atoms with E-state index in [-0.39, 0.29) is 23.0 Å². The summed E-state index contributed by atoms with van der Waals surface area (Å²) in [6, 6.07) is 5.12. The Bertz CT molecular complexity index is 599. The van der Waals surface area contributed by atoms with Gasteiger partial charge in [-0.3, -0.25) is 0 Å². The fourth-order valence-electron chi connectivity index (χ4n) is 1.62. The molecule has 0 unspecified atom stereocenters. The number of halogens is 3. The molecule has 0 saturated heterocycles. The lowest BCUT2D eigenvalue weighted by Crippen LogP contribution is -2.08. The van der Waals surface area contributed by atoms with Gasteiger partial charge in [-0.25, -0.2) is 9.97 Å². The maximum Gasteiger partial charge on any atom is 0.417 e. The number of nitrogens with two attached hydrogens (primary N) is 1. The molecule has 2 aromatic rings. The van der Waals surface area contributed by atoms with Crippen LogP contribution in [0.5, 0.6) is 5.88 Å². The van der Waals surface area contributed by atoms with E-state index in [9.17, 15) is 13.2 Å². The first-order valence-corrected chi connectivity index (χ1v) is 5.26. The summed E-state index contributed by atoms with van der Waals surface area (Å²) in [5.41, 5.74) is 4.69. The Morgan fingerprint density at radius 3 is 2.53 bits per heavy atom. The fraction of sp³-hybridized carbons (Fsp3) is 0.167. The SMILES string of the molecule is COc1nc(-c2ccccc2C(F)(F)F)cnc1N. The van der Waals surface area contributed by atoms with E-state index in [1.54, 1.807) is 0 Å². The molecule has 0 aliphatic carbocycles. The first-order valence-electron chi connectivity index (χ1n) is 5.26. The lowest BCUT2D eigenvalue weighted by atomic mass is 10.0. The number of anilines is 1. The number of ether oxygens (including phenoxy) is 1. The Labute approximate surface area is 107 Å². The summed E-state index contributed by atoms with van der Waals surface area (Å²) < 4.78 is 43.5. The highest BCUT2D eigenvalue weighted by molar-refractivity contribution is 5.65. The summed E-state index contributed by atoms with van der Waals surface area (Å²) in [5, 5.41) is 0. The molecule has 7 heteroatoms. The van der Waals surface area contributed by atoms with Crippen LogP contribution in [0.1, 0.15) is 5.56 Å². The second-order valence-electron chi connectivity index (χ2n) is 3.69. The van der Waals surface area contributed by atoms with Gasteiger partial charge in [-0.05, 0) is 6.07 Å². The number of nitrogens with zero attached hydrogens (tertiary/aromatic N) is 2. The molecule has 1 aromatic carbocycles. The molecule has 0 fully saturated rings. The second kappa shape index (κ2) is 4.75. The summed E-state index contributed by atoms with van der Waals surface area (Å²) >= 11 is 0. The van der Waals surface area contributed by atoms with Crippen LogP contribution in [0.15, 0.2) is 30.5 Å². The molecule has 0 bridgehead atoms. The molecule has 2 rings (SSSR count). The Balaban J connectivity index is 2.59. The first kappa shape index (κ1) is 13.1. The zero-order valence-corrected chi connectivity index (χ0v) is 9.90. The molecule has 0 radical (unpaired) electrons. The molecule has 0 spiro atoms. The van der Waals surface area contributed by atoms with Crippen molar-refractivity contribution in [2.75, 3.05) is 12.8 Å². The van der Waals surface area contributed by atoms with E-state index >= 15 is 0 Å². The molecule has 1 heterocycles. The number of alkyl halides is 3. The van der Waals surface area contributed by atoms with Crippen molar-refractivity contribution in [3.8, 4) is 17.1 Å². The van der Waals surface area contributed by atoms with Gasteiger partial charge in [-0.2, -0.15) is 13.2 Å². The van der Waals surface area contributed by atoms with Crippen molar-refractivity contribution < 1.29 is 17.9 Å².